The number of unbranched alkanes of at least 4 members (excludes halogenated alkanes) is 7. The molecule has 31 nitrogen and oxygen atoms in total. The fourth-order valence-corrected chi connectivity index (χ4v) is 13.0. The lowest BCUT2D eigenvalue weighted by atomic mass is 9.85. The van der Waals surface area contributed by atoms with E-state index in [0.29, 0.717) is 109 Å². The Hall–Kier alpha value is -3.91. The molecule has 0 aliphatic carbocycles. The van der Waals surface area contributed by atoms with Crippen LogP contribution in [0.3, 0.4) is 0 Å². The van der Waals surface area contributed by atoms with Crippen molar-refractivity contribution >= 4 is 41.0 Å². The van der Waals surface area contributed by atoms with Gasteiger partial charge in [0.1, 0.15) is 60.4 Å². The first-order valence-corrected chi connectivity index (χ1v) is 37.3. The van der Waals surface area contributed by atoms with E-state index >= 15 is 0 Å². The lowest BCUT2D eigenvalue weighted by molar-refractivity contribution is -0.282. The highest BCUT2D eigenvalue weighted by Gasteiger charge is 2.46. The van der Waals surface area contributed by atoms with Gasteiger partial charge in [-0.3, -0.25) is 33.6 Å². The molecule has 4 rings (SSSR count). The summed E-state index contributed by atoms with van der Waals surface area (Å²) in [4.78, 5) is 94.7. The van der Waals surface area contributed by atoms with E-state index in [-0.39, 0.29) is 127 Å². The minimum absolute atomic E-state index is 0. The summed E-state index contributed by atoms with van der Waals surface area (Å²) in [5, 5.41) is 132. The minimum atomic E-state index is -1.28. The third-order valence-corrected chi connectivity index (χ3v) is 19.9. The Balaban J connectivity index is 0.0000276. The summed E-state index contributed by atoms with van der Waals surface area (Å²) in [7, 11) is 0. The fourth-order valence-electron chi connectivity index (χ4n) is 13.0. The number of Topliss-reactive ketones (excluding diaryl/α,β-unsaturated/α-hetero) is 3. The number of aliphatic hydroxyl groups is 12. The summed E-state index contributed by atoms with van der Waals surface area (Å²) >= 11 is 0. The second-order valence-electron chi connectivity index (χ2n) is 28.5. The number of amides is 4. The SMILES string of the molecule is C.CC(C)C(=O)C(CCCCNC(=O)C(CCCCNC(=O)CCCCO[C@@H]1OC(CO)[C@H](O)[C@H](O)C1C)CC(=O)CCCCO[C@@H]1OC(CO)[C@H](O)[C@H](O)C1C)CC(=O)C(CCCCNC(=O)CCCCO[C@@H]1OC(CO)[C@H](O)[C@H](O)C1C)NC(=O)CCCCO[C@@H]1OC(CO)[C@H](O)[C@H](O)C1C. The van der Waals surface area contributed by atoms with Crippen LogP contribution < -0.4 is 21.3 Å². The molecule has 0 aromatic heterocycles. The lowest BCUT2D eigenvalue weighted by Gasteiger charge is -2.40. The number of rotatable bonds is 52. The lowest BCUT2D eigenvalue weighted by Crippen LogP contribution is -2.55. The molecule has 31 heteroatoms. The zero-order valence-corrected chi connectivity index (χ0v) is 60.9. The van der Waals surface area contributed by atoms with Crippen LogP contribution in [-0.2, 0) is 71.5 Å². The van der Waals surface area contributed by atoms with Gasteiger partial charge in [-0.05, 0) is 96.3 Å². The Morgan fingerprint density at radius 3 is 1.05 bits per heavy atom. The van der Waals surface area contributed by atoms with Crippen LogP contribution >= 0.6 is 0 Å². The van der Waals surface area contributed by atoms with Gasteiger partial charge in [0, 0.05) is 126 Å². The van der Waals surface area contributed by atoms with Crippen molar-refractivity contribution in [2.75, 3.05) is 72.5 Å². The molecular formula is C72H130N4O27. The number of hydrogen-bond donors (Lipinski definition) is 16. The molecule has 600 valence electrons. The van der Waals surface area contributed by atoms with Gasteiger partial charge >= 0.3 is 0 Å². The third-order valence-electron chi connectivity index (χ3n) is 19.9. The summed E-state index contributed by atoms with van der Waals surface area (Å²) in [6, 6.07) is -0.963. The Morgan fingerprint density at radius 2 is 0.699 bits per heavy atom. The molecule has 4 fully saturated rings. The Labute approximate surface area is 607 Å². The molecule has 0 aromatic rings. The standard InChI is InChI=1S/C71H126N4O27.CH4/c1-41(2)58(85)46(36-50(81)49(75-57(84)27-13-20-34-98-71-45(6)62(89)66(93)54(40-79)102-71)24-9-16-29-73-56(83)26-12-19-33-97-70-44(5)61(88)65(92)53(39-78)101-70)21-7-15-30-74-67(94)47(35-48(80)23-10-17-31-95-68-42(3)59(86)63(90)51(37-76)99-68)22-8-14-28-72-55(82)25-11-18-32-96-69-43(4)60(87)64(91)52(38-77)100-69;/h41-47,49,51-54,59-66,68-71,76-79,86-93H,7-40H2,1-6H3,(H,72,82)(H,73,83)(H,74,94)(H,75,84);1H4/t42?,43?,44?,45?,46?,47?,49?,51?,52?,53?,54?,59-,60-,61-,62-,63+,64+,65+,66+,68-,69-,70-,71-;/m1./s1. The molecule has 4 aliphatic heterocycles. The van der Waals surface area contributed by atoms with Crippen LogP contribution in [0.4, 0.5) is 0 Å². The fraction of sp³-hybridized carbons (Fsp3) is 0.903. The van der Waals surface area contributed by atoms with Crippen molar-refractivity contribution < 1.29 is 133 Å². The molecular weight excluding hydrogens is 1350 g/mol. The van der Waals surface area contributed by atoms with E-state index in [1.165, 1.54) is 0 Å². The molecule has 4 amide bonds. The van der Waals surface area contributed by atoms with E-state index in [9.17, 15) is 94.8 Å². The van der Waals surface area contributed by atoms with E-state index in [2.05, 4.69) is 21.3 Å². The molecule has 0 saturated carbocycles. The van der Waals surface area contributed by atoms with Gasteiger partial charge in [0.15, 0.2) is 30.9 Å². The summed E-state index contributed by atoms with van der Waals surface area (Å²) < 4.78 is 45.6. The van der Waals surface area contributed by atoms with Gasteiger partial charge in [-0.1, -0.05) is 61.8 Å². The second kappa shape index (κ2) is 50.7. The summed E-state index contributed by atoms with van der Waals surface area (Å²) in [5.74, 6) is -5.86. The van der Waals surface area contributed by atoms with Crippen molar-refractivity contribution in [1.29, 1.82) is 0 Å². The molecule has 11 unspecified atom stereocenters. The van der Waals surface area contributed by atoms with E-state index in [4.69, 9.17) is 37.9 Å². The summed E-state index contributed by atoms with van der Waals surface area (Å²) in [6.45, 7) is 9.68. The second-order valence-corrected chi connectivity index (χ2v) is 28.5. The van der Waals surface area contributed by atoms with Gasteiger partial charge in [-0.25, -0.2) is 0 Å². The van der Waals surface area contributed by atoms with Crippen molar-refractivity contribution in [3.05, 3.63) is 0 Å². The number of hydrogen-bond acceptors (Lipinski definition) is 27. The normalized spacial score (nSPS) is 30.4. The maximum Gasteiger partial charge on any atom is 0.223 e. The minimum Gasteiger partial charge on any atom is -0.394 e. The first kappa shape index (κ1) is 93.3. The molecule has 0 bridgehead atoms. The molecule has 0 aromatic carbocycles. The average Bonchev–Trinajstić information content (AvgIpc) is 0.888. The number of nitrogens with one attached hydrogen (secondary N) is 4. The number of ketones is 3. The molecule has 23 atom stereocenters. The molecule has 0 radical (unpaired) electrons. The van der Waals surface area contributed by atoms with Crippen LogP contribution in [0.2, 0.25) is 0 Å². The topological polar surface area (TPSA) is 484 Å². The monoisotopic (exact) mass is 1480 g/mol. The van der Waals surface area contributed by atoms with Gasteiger partial charge in [0.25, 0.3) is 0 Å². The number of ether oxygens (including phenoxy) is 8. The highest BCUT2D eigenvalue weighted by molar-refractivity contribution is 5.93. The molecule has 103 heavy (non-hydrogen) atoms. The Kier molecular flexibility index (Phi) is 45.9. The van der Waals surface area contributed by atoms with Gasteiger partial charge in [-0.2, -0.15) is 0 Å². The van der Waals surface area contributed by atoms with Crippen LogP contribution in [0, 0.1) is 41.4 Å². The van der Waals surface area contributed by atoms with E-state index in [1.54, 1.807) is 41.5 Å². The largest absolute Gasteiger partial charge is 0.394 e. The number of carbonyl (C=O) groups is 7. The van der Waals surface area contributed by atoms with E-state index in [0.717, 1.165) is 0 Å². The average molecular weight is 1480 g/mol. The summed E-state index contributed by atoms with van der Waals surface area (Å²) in [6.07, 6.45) is -9.53. The number of carbonyl (C=O) groups excluding carboxylic acids is 7. The first-order valence-electron chi connectivity index (χ1n) is 37.3. The highest BCUT2D eigenvalue weighted by Crippen LogP contribution is 2.32. The maximum absolute atomic E-state index is 14.3. The molecule has 16 N–H and O–H groups in total. The predicted molar refractivity (Wildman–Crippen MR) is 372 cm³/mol. The van der Waals surface area contributed by atoms with Crippen molar-refractivity contribution in [3.8, 4) is 0 Å². The van der Waals surface area contributed by atoms with Crippen molar-refractivity contribution in [1.82, 2.24) is 21.3 Å². The van der Waals surface area contributed by atoms with E-state index in [1.807, 2.05) is 0 Å². The van der Waals surface area contributed by atoms with Crippen LogP contribution in [0.25, 0.3) is 0 Å². The Bertz CT molecular complexity index is 2410. The zero-order valence-electron chi connectivity index (χ0n) is 60.9. The van der Waals surface area contributed by atoms with E-state index < -0.39 is 178 Å². The van der Waals surface area contributed by atoms with Crippen LogP contribution in [-0.4, -0.2) is 279 Å². The summed E-state index contributed by atoms with van der Waals surface area (Å²) in [5.41, 5.74) is 0. The number of aliphatic hydroxyl groups excluding tert-OH is 12. The van der Waals surface area contributed by atoms with Gasteiger partial charge < -0.3 is 120 Å². The van der Waals surface area contributed by atoms with Crippen LogP contribution in [0.1, 0.15) is 197 Å². The van der Waals surface area contributed by atoms with Gasteiger partial charge in [0.2, 0.25) is 23.6 Å². The van der Waals surface area contributed by atoms with Crippen molar-refractivity contribution in [3.63, 3.8) is 0 Å². The van der Waals surface area contributed by atoms with Gasteiger partial charge in [0.05, 0.1) is 56.9 Å². The zero-order chi connectivity index (χ0) is 75.4. The van der Waals surface area contributed by atoms with Crippen molar-refractivity contribution in [2.45, 2.75) is 301 Å². The van der Waals surface area contributed by atoms with Crippen LogP contribution in [0.5, 0.6) is 0 Å². The van der Waals surface area contributed by atoms with Crippen LogP contribution in [0.15, 0.2) is 0 Å². The van der Waals surface area contributed by atoms with Gasteiger partial charge in [-0.15, -0.1) is 0 Å². The molecule has 4 saturated heterocycles. The quantitative estimate of drug-likeness (QED) is 0.0366. The Morgan fingerprint density at radius 1 is 0.379 bits per heavy atom. The first-order chi connectivity index (χ1) is 48.7. The molecule has 4 aliphatic rings. The molecule has 4 heterocycles. The smallest absolute Gasteiger partial charge is 0.223 e. The maximum atomic E-state index is 14.3. The third kappa shape index (κ3) is 32.1. The highest BCUT2D eigenvalue weighted by atomic mass is 16.7. The molecule has 0 spiro atoms. The predicted octanol–water partition coefficient (Wildman–Crippen LogP) is 0.391. The van der Waals surface area contributed by atoms with Crippen molar-refractivity contribution in [2.24, 2.45) is 41.4 Å².